The summed E-state index contributed by atoms with van der Waals surface area (Å²) in [5.74, 6) is -0.833. The van der Waals surface area contributed by atoms with E-state index in [1.54, 1.807) is 0 Å². The minimum atomic E-state index is -4.86. The summed E-state index contributed by atoms with van der Waals surface area (Å²) in [7, 11) is 0. The zero-order chi connectivity index (χ0) is 29.7. The van der Waals surface area contributed by atoms with E-state index in [9.17, 15) is 22.8 Å². The molecule has 0 unspecified atom stereocenters. The second-order valence-electron chi connectivity index (χ2n) is 9.98. The quantitative estimate of drug-likeness (QED) is 0.223. The van der Waals surface area contributed by atoms with Gasteiger partial charge in [0.1, 0.15) is 15.8 Å². The lowest BCUT2D eigenvalue weighted by atomic mass is 9.82. The highest BCUT2D eigenvalue weighted by molar-refractivity contribution is 7.15. The number of aryl methyl sites for hydroxylation is 1. The average Bonchev–Trinajstić information content (AvgIpc) is 3.60. The molecule has 2 N–H and O–H groups in total. The lowest BCUT2D eigenvalue weighted by Crippen LogP contribution is -2.20. The van der Waals surface area contributed by atoms with Gasteiger partial charge in [-0.1, -0.05) is 71.6 Å². The average molecular weight is 617 g/mol. The molecule has 2 atom stereocenters. The highest BCUT2D eigenvalue weighted by Gasteiger charge is 2.32. The van der Waals surface area contributed by atoms with E-state index in [-0.39, 0.29) is 41.3 Å². The van der Waals surface area contributed by atoms with Crippen LogP contribution in [0.3, 0.4) is 0 Å². The van der Waals surface area contributed by atoms with Crippen LogP contribution < -0.4 is 15.4 Å². The van der Waals surface area contributed by atoms with Gasteiger partial charge in [-0.05, 0) is 43.4 Å². The van der Waals surface area contributed by atoms with Gasteiger partial charge in [0.15, 0.2) is 0 Å². The second-order valence-corrected chi connectivity index (χ2v) is 12.0. The summed E-state index contributed by atoms with van der Waals surface area (Å²) in [4.78, 5) is 25.1. The van der Waals surface area contributed by atoms with E-state index in [1.165, 1.54) is 46.9 Å². The van der Waals surface area contributed by atoms with E-state index >= 15 is 0 Å². The molecule has 2 aromatic heterocycles. The van der Waals surface area contributed by atoms with Gasteiger partial charge in [-0.25, -0.2) is 0 Å². The van der Waals surface area contributed by atoms with Crippen LogP contribution in [0.15, 0.2) is 48.5 Å². The molecule has 1 aliphatic rings. The standard InChI is InChI=1S/C28H27F3N6O3S2/c1-16-7-2-3-8-17(16)14-22(38)32-26-36-34-24(41-26)19-10-6-11-20(13-19)25-35-37-27(42-25)33-23(39)15-18-9-4-5-12-21(18)40-28(29,30)31/h2-5,7-9,12,19-20H,6,10-11,13-15H2,1H3,(H,32,36,38)(H,33,37,39)/t19-,20-/m0/s1. The van der Waals surface area contributed by atoms with Crippen LogP contribution in [0.1, 0.15) is 64.2 Å². The van der Waals surface area contributed by atoms with Crippen LogP contribution in [0.4, 0.5) is 23.4 Å². The third-order valence-electron chi connectivity index (χ3n) is 6.91. The third-order valence-corrected chi connectivity index (χ3v) is 8.91. The molecule has 0 radical (unpaired) electrons. The summed E-state index contributed by atoms with van der Waals surface area (Å²) < 4.78 is 42.1. The van der Waals surface area contributed by atoms with Crippen molar-refractivity contribution in [3.8, 4) is 5.75 Å². The third kappa shape index (κ3) is 7.88. The van der Waals surface area contributed by atoms with E-state index in [4.69, 9.17) is 0 Å². The fourth-order valence-electron chi connectivity index (χ4n) is 4.89. The van der Waals surface area contributed by atoms with Crippen molar-refractivity contribution in [3.63, 3.8) is 0 Å². The molecule has 2 amide bonds. The number of benzene rings is 2. The maximum atomic E-state index is 12.7. The highest BCUT2D eigenvalue weighted by Crippen LogP contribution is 2.43. The SMILES string of the molecule is Cc1ccccc1CC(=O)Nc1nnc([C@H]2CCC[C@H](c3nnc(NC(=O)Cc4ccccc4OC(F)(F)F)s3)C2)s1. The number of carbonyl (C=O) groups excluding carboxylic acids is 2. The molecule has 0 bridgehead atoms. The van der Waals surface area contributed by atoms with Gasteiger partial charge < -0.3 is 15.4 Å². The van der Waals surface area contributed by atoms with E-state index in [0.29, 0.717) is 5.13 Å². The van der Waals surface area contributed by atoms with E-state index in [2.05, 4.69) is 35.8 Å². The van der Waals surface area contributed by atoms with Gasteiger partial charge in [0.2, 0.25) is 22.1 Å². The van der Waals surface area contributed by atoms with Crippen LogP contribution in [-0.2, 0) is 22.4 Å². The van der Waals surface area contributed by atoms with Crippen LogP contribution in [0.5, 0.6) is 5.75 Å². The molecule has 4 aromatic rings. The minimum absolute atomic E-state index is 0.106. The van der Waals surface area contributed by atoms with Crippen LogP contribution in [0.2, 0.25) is 0 Å². The molecule has 0 saturated heterocycles. The maximum absolute atomic E-state index is 12.7. The first-order valence-electron chi connectivity index (χ1n) is 13.3. The zero-order valence-electron chi connectivity index (χ0n) is 22.5. The van der Waals surface area contributed by atoms with Crippen molar-refractivity contribution >= 4 is 44.8 Å². The smallest absolute Gasteiger partial charge is 0.405 e. The van der Waals surface area contributed by atoms with Crippen LogP contribution in [0.25, 0.3) is 0 Å². The Balaban J connectivity index is 1.16. The van der Waals surface area contributed by atoms with Crippen molar-refractivity contribution in [2.45, 2.75) is 63.6 Å². The van der Waals surface area contributed by atoms with Crippen molar-refractivity contribution in [2.24, 2.45) is 0 Å². The Bertz CT molecular complexity index is 1560. The van der Waals surface area contributed by atoms with Crippen LogP contribution >= 0.6 is 22.7 Å². The Labute approximate surface area is 247 Å². The Hall–Kier alpha value is -3.91. The Morgan fingerprint density at radius 2 is 1.36 bits per heavy atom. The summed E-state index contributed by atoms with van der Waals surface area (Å²) >= 11 is 2.62. The van der Waals surface area contributed by atoms with Crippen molar-refractivity contribution in [1.82, 2.24) is 20.4 Å². The van der Waals surface area contributed by atoms with Crippen LogP contribution in [-0.4, -0.2) is 38.6 Å². The van der Waals surface area contributed by atoms with Gasteiger partial charge in [0, 0.05) is 17.4 Å². The first kappa shape index (κ1) is 29.6. The van der Waals surface area contributed by atoms with E-state index < -0.39 is 18.0 Å². The molecule has 2 heterocycles. The number of hydrogen-bond acceptors (Lipinski definition) is 9. The number of para-hydroxylation sites is 1. The Kier molecular flexibility index (Phi) is 9.12. The lowest BCUT2D eigenvalue weighted by Gasteiger charge is -2.25. The molecular weight excluding hydrogens is 589 g/mol. The summed E-state index contributed by atoms with van der Waals surface area (Å²) in [6.45, 7) is 1.97. The molecule has 9 nitrogen and oxygen atoms in total. The first-order chi connectivity index (χ1) is 20.1. The number of anilines is 2. The topological polar surface area (TPSA) is 119 Å². The predicted octanol–water partition coefficient (Wildman–Crippen LogP) is 6.40. The number of halogens is 3. The molecule has 1 saturated carbocycles. The first-order valence-corrected chi connectivity index (χ1v) is 14.9. The molecular formula is C28H27F3N6O3S2. The summed E-state index contributed by atoms with van der Waals surface area (Å²) in [5.41, 5.74) is 2.12. The van der Waals surface area contributed by atoms with Crippen molar-refractivity contribution in [1.29, 1.82) is 0 Å². The zero-order valence-corrected chi connectivity index (χ0v) is 24.1. The molecule has 5 rings (SSSR count). The van der Waals surface area contributed by atoms with Crippen molar-refractivity contribution < 1.29 is 27.5 Å². The summed E-state index contributed by atoms with van der Waals surface area (Å²) in [5, 5.41) is 24.7. The summed E-state index contributed by atoms with van der Waals surface area (Å²) in [6, 6.07) is 13.3. The largest absolute Gasteiger partial charge is 0.573 e. The number of aromatic nitrogens is 4. The van der Waals surface area contributed by atoms with Gasteiger partial charge in [0.25, 0.3) is 0 Å². The number of ether oxygens (including phenoxy) is 1. The lowest BCUT2D eigenvalue weighted by molar-refractivity contribution is -0.274. The van der Waals surface area contributed by atoms with Crippen LogP contribution in [0, 0.1) is 6.92 Å². The predicted molar refractivity (Wildman–Crippen MR) is 153 cm³/mol. The van der Waals surface area contributed by atoms with Crippen molar-refractivity contribution in [2.75, 3.05) is 10.6 Å². The molecule has 220 valence electrons. The number of amides is 2. The monoisotopic (exact) mass is 616 g/mol. The molecule has 1 fully saturated rings. The second kappa shape index (κ2) is 12.9. The molecule has 14 heteroatoms. The number of rotatable bonds is 9. The number of nitrogens with zero attached hydrogens (tertiary/aromatic N) is 4. The number of carbonyl (C=O) groups is 2. The normalized spacial score (nSPS) is 17.0. The minimum Gasteiger partial charge on any atom is -0.405 e. The molecule has 0 spiro atoms. The molecule has 2 aromatic carbocycles. The molecule has 0 aliphatic heterocycles. The summed E-state index contributed by atoms with van der Waals surface area (Å²) in [6.07, 6.45) is -1.35. The Morgan fingerprint density at radius 1 is 0.833 bits per heavy atom. The van der Waals surface area contributed by atoms with Crippen molar-refractivity contribution in [3.05, 3.63) is 75.2 Å². The van der Waals surface area contributed by atoms with Gasteiger partial charge in [-0.2, -0.15) is 0 Å². The fourth-order valence-corrected chi connectivity index (χ4v) is 6.71. The highest BCUT2D eigenvalue weighted by atomic mass is 32.1. The van der Waals surface area contributed by atoms with Gasteiger partial charge in [0.05, 0.1) is 12.8 Å². The molecule has 1 aliphatic carbocycles. The van der Waals surface area contributed by atoms with Gasteiger partial charge >= 0.3 is 6.36 Å². The van der Waals surface area contributed by atoms with Gasteiger partial charge in [-0.15, -0.1) is 33.6 Å². The molecule has 42 heavy (non-hydrogen) atoms. The number of hydrogen-bond donors (Lipinski definition) is 2. The Morgan fingerprint density at radius 3 is 1.93 bits per heavy atom. The van der Waals surface area contributed by atoms with E-state index in [0.717, 1.165) is 46.8 Å². The fraction of sp³-hybridized carbons (Fsp3) is 0.357. The van der Waals surface area contributed by atoms with Gasteiger partial charge in [-0.3, -0.25) is 9.59 Å². The number of nitrogens with one attached hydrogen (secondary N) is 2. The number of alkyl halides is 3. The van der Waals surface area contributed by atoms with E-state index in [1.807, 2.05) is 31.2 Å². The maximum Gasteiger partial charge on any atom is 0.573 e.